The summed E-state index contributed by atoms with van der Waals surface area (Å²) in [5.74, 6) is -0.107. The van der Waals surface area contributed by atoms with Crippen molar-refractivity contribution in [2.45, 2.75) is 71.4 Å². The zero-order chi connectivity index (χ0) is 32.2. The third-order valence-corrected chi connectivity index (χ3v) is 8.70. The number of alkyl carbamates (subject to hydrolysis) is 1. The Morgan fingerprint density at radius 2 is 1.86 bits per heavy atom. The van der Waals surface area contributed by atoms with Gasteiger partial charge in [-0.25, -0.2) is 9.78 Å². The number of aromatic amines is 1. The van der Waals surface area contributed by atoms with Gasteiger partial charge in [-0.2, -0.15) is 0 Å². The Morgan fingerprint density at radius 3 is 2.45 bits per heavy atom. The van der Waals surface area contributed by atoms with Crippen LogP contribution in [0.15, 0.2) is 42.5 Å². The second-order valence-corrected chi connectivity index (χ2v) is 13.2. The van der Waals surface area contributed by atoms with Gasteiger partial charge in [-0.05, 0) is 54.0 Å². The van der Waals surface area contributed by atoms with Crippen LogP contribution in [0.2, 0.25) is 5.02 Å². The number of hydrogen-bond donors (Lipinski definition) is 4. The van der Waals surface area contributed by atoms with Crippen LogP contribution in [-0.2, 0) is 24.5 Å². The minimum atomic E-state index is -0.989. The molecule has 2 aromatic carbocycles. The van der Waals surface area contributed by atoms with Crippen LogP contribution in [0.1, 0.15) is 76.9 Å². The van der Waals surface area contributed by atoms with Crippen molar-refractivity contribution in [2.75, 3.05) is 26.9 Å². The van der Waals surface area contributed by atoms with E-state index in [1.165, 1.54) is 7.11 Å². The SMILES string of the molecule is CCNC(=O)[C@H](NC(=O)C1(c2ccc3nc([C@@H](NC(=O)OC)[C@H](c4ccccc4Cl)C(C)C)[nH]c3c2)CCOC1)C(C)(C)C. The minimum absolute atomic E-state index is 0.0732. The Kier molecular flexibility index (Phi) is 10.3. The van der Waals surface area contributed by atoms with E-state index in [0.29, 0.717) is 41.5 Å². The van der Waals surface area contributed by atoms with Gasteiger partial charge in [0.1, 0.15) is 11.9 Å². The maximum atomic E-state index is 14.0. The van der Waals surface area contributed by atoms with Crippen LogP contribution in [0, 0.1) is 11.3 Å². The second-order valence-electron chi connectivity index (χ2n) is 12.8. The van der Waals surface area contributed by atoms with Crippen molar-refractivity contribution in [3.63, 3.8) is 0 Å². The number of ether oxygens (including phenoxy) is 2. The molecule has 1 unspecified atom stereocenters. The summed E-state index contributed by atoms with van der Waals surface area (Å²) in [5.41, 5.74) is 1.51. The van der Waals surface area contributed by atoms with Crippen LogP contribution in [0.3, 0.4) is 0 Å². The molecule has 2 heterocycles. The molecule has 1 aromatic heterocycles. The fraction of sp³-hybridized carbons (Fsp3) is 0.515. The Hall–Kier alpha value is -3.63. The molecule has 238 valence electrons. The monoisotopic (exact) mass is 625 g/mol. The summed E-state index contributed by atoms with van der Waals surface area (Å²) in [6.45, 7) is 12.8. The largest absolute Gasteiger partial charge is 0.453 e. The predicted molar refractivity (Wildman–Crippen MR) is 171 cm³/mol. The summed E-state index contributed by atoms with van der Waals surface area (Å²) in [4.78, 5) is 47.8. The number of benzene rings is 2. The molecule has 0 radical (unpaired) electrons. The van der Waals surface area contributed by atoms with Crippen molar-refractivity contribution in [3.8, 4) is 0 Å². The number of fused-ring (bicyclic) bond motifs is 1. The molecule has 44 heavy (non-hydrogen) atoms. The molecule has 0 aliphatic carbocycles. The van der Waals surface area contributed by atoms with E-state index in [1.807, 2.05) is 70.2 Å². The number of nitrogens with zero attached hydrogens (tertiary/aromatic N) is 1. The van der Waals surface area contributed by atoms with Gasteiger partial charge in [0.25, 0.3) is 0 Å². The number of carbonyl (C=O) groups excluding carboxylic acids is 3. The third kappa shape index (κ3) is 6.86. The lowest BCUT2D eigenvalue weighted by atomic mass is 9.77. The maximum absolute atomic E-state index is 14.0. The zero-order valence-electron chi connectivity index (χ0n) is 26.5. The van der Waals surface area contributed by atoms with E-state index >= 15 is 0 Å². The topological polar surface area (TPSA) is 134 Å². The molecule has 1 fully saturated rings. The molecule has 4 N–H and O–H groups in total. The van der Waals surface area contributed by atoms with Crippen LogP contribution in [-0.4, -0.2) is 60.8 Å². The van der Waals surface area contributed by atoms with E-state index in [-0.39, 0.29) is 30.3 Å². The van der Waals surface area contributed by atoms with Gasteiger partial charge < -0.3 is 30.4 Å². The van der Waals surface area contributed by atoms with Crippen LogP contribution >= 0.6 is 11.6 Å². The van der Waals surface area contributed by atoms with Crippen LogP contribution < -0.4 is 16.0 Å². The summed E-state index contributed by atoms with van der Waals surface area (Å²) in [7, 11) is 1.32. The van der Waals surface area contributed by atoms with Crippen molar-refractivity contribution in [1.29, 1.82) is 0 Å². The molecule has 0 saturated carbocycles. The standard InChI is InChI=1S/C33H44ClN5O5/c1-8-35-29(40)27(32(4,5)6)39-30(41)33(15-16-44-18-33)20-13-14-23-24(17-20)37-28(36-23)26(38-31(42)43-7)25(19(2)3)21-11-9-10-12-22(21)34/h9-14,17,19,25-27H,8,15-16,18H2,1-7H3,(H,35,40)(H,36,37)(H,38,42)(H,39,41)/t25-,26-,27-,33?/m0/s1. The molecule has 4 rings (SSSR count). The van der Waals surface area contributed by atoms with E-state index in [9.17, 15) is 14.4 Å². The summed E-state index contributed by atoms with van der Waals surface area (Å²) in [6.07, 6.45) is -0.125. The number of methoxy groups -OCH3 is 1. The van der Waals surface area contributed by atoms with Gasteiger partial charge in [0.05, 0.1) is 36.2 Å². The Bertz CT molecular complexity index is 1490. The van der Waals surface area contributed by atoms with Crippen LogP contribution in [0.4, 0.5) is 4.79 Å². The van der Waals surface area contributed by atoms with Crippen LogP contribution in [0.5, 0.6) is 0 Å². The number of carbonyl (C=O) groups is 3. The number of amides is 3. The van der Waals surface area contributed by atoms with Gasteiger partial charge in [0, 0.05) is 24.1 Å². The van der Waals surface area contributed by atoms with Gasteiger partial charge in [-0.1, -0.05) is 70.5 Å². The Morgan fingerprint density at radius 1 is 1.14 bits per heavy atom. The summed E-state index contributed by atoms with van der Waals surface area (Å²) < 4.78 is 10.8. The van der Waals surface area contributed by atoms with Crippen molar-refractivity contribution in [3.05, 3.63) is 64.4 Å². The molecule has 0 bridgehead atoms. The fourth-order valence-electron chi connectivity index (χ4n) is 5.98. The van der Waals surface area contributed by atoms with Gasteiger partial charge in [-0.3, -0.25) is 9.59 Å². The molecular formula is C33H44ClN5O5. The minimum Gasteiger partial charge on any atom is -0.453 e. The first-order chi connectivity index (χ1) is 20.8. The van der Waals surface area contributed by atoms with E-state index in [0.717, 1.165) is 11.1 Å². The van der Waals surface area contributed by atoms with Gasteiger partial charge in [-0.15, -0.1) is 0 Å². The number of H-pyrrole nitrogens is 1. The molecule has 11 heteroatoms. The molecular weight excluding hydrogens is 582 g/mol. The van der Waals surface area contributed by atoms with E-state index < -0.39 is 29.0 Å². The first-order valence-corrected chi connectivity index (χ1v) is 15.5. The fourth-order valence-corrected chi connectivity index (χ4v) is 6.24. The van der Waals surface area contributed by atoms with E-state index in [4.69, 9.17) is 26.1 Å². The molecule has 3 aromatic rings. The highest BCUT2D eigenvalue weighted by atomic mass is 35.5. The number of rotatable bonds is 10. The summed E-state index contributed by atoms with van der Waals surface area (Å²) >= 11 is 6.63. The molecule has 10 nitrogen and oxygen atoms in total. The maximum Gasteiger partial charge on any atom is 0.407 e. The average molecular weight is 626 g/mol. The number of hydrogen-bond acceptors (Lipinski definition) is 6. The highest BCUT2D eigenvalue weighted by Crippen LogP contribution is 2.41. The average Bonchev–Trinajstić information content (AvgIpc) is 3.63. The van der Waals surface area contributed by atoms with Crippen molar-refractivity contribution < 1.29 is 23.9 Å². The second kappa shape index (κ2) is 13.6. The lowest BCUT2D eigenvalue weighted by Gasteiger charge is -2.34. The zero-order valence-corrected chi connectivity index (χ0v) is 27.3. The number of halogens is 1. The first-order valence-electron chi connectivity index (χ1n) is 15.1. The smallest absolute Gasteiger partial charge is 0.407 e. The predicted octanol–water partition coefficient (Wildman–Crippen LogP) is 5.38. The lowest BCUT2D eigenvalue weighted by molar-refractivity contribution is -0.134. The highest BCUT2D eigenvalue weighted by Gasteiger charge is 2.46. The van der Waals surface area contributed by atoms with E-state index in [1.54, 1.807) is 0 Å². The number of nitrogens with one attached hydrogen (secondary N) is 4. The number of aromatic nitrogens is 2. The van der Waals surface area contributed by atoms with Crippen LogP contribution in [0.25, 0.3) is 11.0 Å². The third-order valence-electron chi connectivity index (χ3n) is 8.36. The molecule has 1 aliphatic heterocycles. The van der Waals surface area contributed by atoms with Crippen molar-refractivity contribution in [2.24, 2.45) is 11.3 Å². The summed E-state index contributed by atoms with van der Waals surface area (Å²) in [5, 5.41) is 9.45. The Labute approximate surface area is 264 Å². The molecule has 0 spiro atoms. The normalized spacial score (nSPS) is 18.9. The number of likely N-dealkylation sites (N-methyl/N-ethyl adjacent to an activating group) is 1. The van der Waals surface area contributed by atoms with Gasteiger partial charge >= 0.3 is 6.09 Å². The summed E-state index contributed by atoms with van der Waals surface area (Å²) in [6, 6.07) is 11.9. The lowest BCUT2D eigenvalue weighted by Crippen LogP contribution is -2.58. The number of imidazole rings is 1. The highest BCUT2D eigenvalue weighted by molar-refractivity contribution is 6.31. The van der Waals surface area contributed by atoms with Gasteiger partial charge in [0.2, 0.25) is 11.8 Å². The first kappa shape index (κ1) is 33.3. The Balaban J connectivity index is 1.75. The van der Waals surface area contributed by atoms with Gasteiger partial charge in [0.15, 0.2) is 0 Å². The molecule has 3 amide bonds. The van der Waals surface area contributed by atoms with Crippen molar-refractivity contribution in [1.82, 2.24) is 25.9 Å². The molecule has 4 atom stereocenters. The quantitative estimate of drug-likeness (QED) is 0.239. The van der Waals surface area contributed by atoms with E-state index in [2.05, 4.69) is 34.8 Å². The van der Waals surface area contributed by atoms with Crippen molar-refractivity contribution >= 4 is 40.5 Å². The molecule has 1 saturated heterocycles. The molecule has 1 aliphatic rings.